The van der Waals surface area contributed by atoms with Crippen molar-refractivity contribution in [3.63, 3.8) is 0 Å². The molecule has 0 aromatic carbocycles. The molecule has 0 aromatic rings. The van der Waals surface area contributed by atoms with Crippen molar-refractivity contribution in [1.29, 1.82) is 0 Å². The Balaban J connectivity index is 1.69. The number of ketones is 1. The van der Waals surface area contributed by atoms with E-state index in [-0.39, 0.29) is 45.4 Å². The number of carbonyl (C=O) groups is 1. The predicted molar refractivity (Wildman–Crippen MR) is 136 cm³/mol. The molecule has 0 aliphatic heterocycles. The van der Waals surface area contributed by atoms with Gasteiger partial charge in [-0.1, -0.05) is 59.3 Å². The van der Waals surface area contributed by atoms with Crippen LogP contribution in [0.15, 0.2) is 23.8 Å². The quantitative estimate of drug-likeness (QED) is 0.475. The average Bonchev–Trinajstić information content (AvgIpc) is 2.99. The summed E-state index contributed by atoms with van der Waals surface area (Å²) < 4.78 is 0. The summed E-state index contributed by atoms with van der Waals surface area (Å²) >= 11 is 0. The summed E-state index contributed by atoms with van der Waals surface area (Å²) in [6, 6.07) is 0. The van der Waals surface area contributed by atoms with E-state index in [2.05, 4.69) is 41.5 Å². The minimum absolute atomic E-state index is 0.0141. The molecule has 0 heterocycles. The minimum Gasteiger partial charge on any atom is -0.392 e. The summed E-state index contributed by atoms with van der Waals surface area (Å²) in [5, 5.41) is 31.8. The van der Waals surface area contributed by atoms with Crippen LogP contribution in [-0.2, 0) is 4.79 Å². The third-order valence-electron chi connectivity index (χ3n) is 11.5. The number of hydrogen-bond donors (Lipinski definition) is 3. The summed E-state index contributed by atoms with van der Waals surface area (Å²) in [5.74, 6) is 0.987. The van der Waals surface area contributed by atoms with Crippen molar-refractivity contribution in [1.82, 2.24) is 0 Å². The Morgan fingerprint density at radius 1 is 1.03 bits per heavy atom. The van der Waals surface area contributed by atoms with Crippen LogP contribution in [0.1, 0.15) is 93.9 Å². The molecule has 4 heteroatoms. The highest BCUT2D eigenvalue weighted by atomic mass is 16.3. The first-order valence-electron chi connectivity index (χ1n) is 13.5. The molecular formula is C30H48O4. The van der Waals surface area contributed by atoms with Crippen molar-refractivity contribution >= 4 is 5.78 Å². The Morgan fingerprint density at radius 3 is 2.29 bits per heavy atom. The zero-order chi connectivity index (χ0) is 25.5. The van der Waals surface area contributed by atoms with Gasteiger partial charge < -0.3 is 15.3 Å². The molecule has 34 heavy (non-hydrogen) atoms. The predicted octanol–water partition coefficient (Wildman–Crippen LogP) is 5.46. The molecule has 4 aliphatic rings. The van der Waals surface area contributed by atoms with Crippen molar-refractivity contribution in [3.05, 3.63) is 23.8 Å². The van der Waals surface area contributed by atoms with Gasteiger partial charge in [0, 0.05) is 11.3 Å². The molecule has 4 rings (SSSR count). The van der Waals surface area contributed by atoms with Crippen molar-refractivity contribution in [3.8, 4) is 0 Å². The molecule has 0 amide bonds. The number of fused-ring (bicyclic) bond motifs is 5. The summed E-state index contributed by atoms with van der Waals surface area (Å²) in [5.41, 5.74) is -0.329. The number of allylic oxidation sites excluding steroid dienone is 1. The van der Waals surface area contributed by atoms with E-state index in [0.717, 1.165) is 38.5 Å². The van der Waals surface area contributed by atoms with Gasteiger partial charge in [-0.25, -0.2) is 0 Å². The summed E-state index contributed by atoms with van der Waals surface area (Å²) in [6.07, 6.45) is 10.3. The summed E-state index contributed by atoms with van der Waals surface area (Å²) in [4.78, 5) is 14.0. The molecule has 0 bridgehead atoms. The van der Waals surface area contributed by atoms with Crippen molar-refractivity contribution in [2.45, 2.75) is 112 Å². The SMILES string of the molecule is C[C@@H]([C@H](O)/C=C/C(C)(C)O)[C@H]1CC[C@@]2(C)[C@H]3C(=O)C=C4[C@H](CC[C@H](O)C4(C)C)[C@]3(C)CC[C@]12C. The van der Waals surface area contributed by atoms with Gasteiger partial charge in [0.1, 0.15) is 0 Å². The van der Waals surface area contributed by atoms with Crippen molar-refractivity contribution < 1.29 is 20.1 Å². The largest absolute Gasteiger partial charge is 0.392 e. The molecular weight excluding hydrogens is 424 g/mol. The van der Waals surface area contributed by atoms with Gasteiger partial charge in [0.2, 0.25) is 0 Å². The van der Waals surface area contributed by atoms with E-state index in [9.17, 15) is 20.1 Å². The maximum Gasteiger partial charge on any atom is 0.159 e. The highest BCUT2D eigenvalue weighted by Crippen LogP contribution is 2.74. The third kappa shape index (κ3) is 3.61. The van der Waals surface area contributed by atoms with Crippen LogP contribution in [0.4, 0.5) is 0 Å². The second-order valence-electron chi connectivity index (χ2n) is 14.2. The lowest BCUT2D eigenvalue weighted by molar-refractivity contribution is -0.165. The van der Waals surface area contributed by atoms with Gasteiger partial charge in [0.25, 0.3) is 0 Å². The summed E-state index contributed by atoms with van der Waals surface area (Å²) in [6.45, 7) is 16.9. The summed E-state index contributed by atoms with van der Waals surface area (Å²) in [7, 11) is 0. The van der Waals surface area contributed by atoms with Crippen LogP contribution >= 0.6 is 0 Å². The first-order chi connectivity index (χ1) is 15.5. The lowest BCUT2D eigenvalue weighted by atomic mass is 9.39. The smallest absolute Gasteiger partial charge is 0.159 e. The van der Waals surface area contributed by atoms with E-state index in [0.29, 0.717) is 11.8 Å². The van der Waals surface area contributed by atoms with E-state index in [1.54, 1.807) is 26.0 Å². The average molecular weight is 473 g/mol. The Bertz CT molecular complexity index is 894. The maximum absolute atomic E-state index is 14.0. The Morgan fingerprint density at radius 2 is 1.68 bits per heavy atom. The second-order valence-corrected chi connectivity index (χ2v) is 14.2. The van der Waals surface area contributed by atoms with E-state index in [1.165, 1.54) is 5.57 Å². The fraction of sp³-hybridized carbons (Fsp3) is 0.833. The van der Waals surface area contributed by atoms with Gasteiger partial charge in [-0.2, -0.15) is 0 Å². The van der Waals surface area contributed by atoms with Crippen LogP contribution in [0.25, 0.3) is 0 Å². The van der Waals surface area contributed by atoms with Crippen LogP contribution in [0.3, 0.4) is 0 Å². The highest BCUT2D eigenvalue weighted by molar-refractivity contribution is 5.95. The topological polar surface area (TPSA) is 77.8 Å². The number of aliphatic hydroxyl groups excluding tert-OH is 2. The van der Waals surface area contributed by atoms with E-state index in [1.807, 2.05) is 6.08 Å². The van der Waals surface area contributed by atoms with E-state index in [4.69, 9.17) is 0 Å². The lowest BCUT2D eigenvalue weighted by Crippen LogP contribution is -2.62. The molecule has 3 N–H and O–H groups in total. The molecule has 0 radical (unpaired) electrons. The number of carbonyl (C=O) groups excluding carboxylic acids is 1. The van der Waals surface area contributed by atoms with Gasteiger partial charge >= 0.3 is 0 Å². The maximum atomic E-state index is 14.0. The highest BCUT2D eigenvalue weighted by Gasteiger charge is 2.69. The molecule has 0 saturated heterocycles. The lowest BCUT2D eigenvalue weighted by Gasteiger charge is -2.65. The first kappa shape index (κ1) is 26.1. The molecule has 0 unspecified atom stereocenters. The normalized spacial score (nSPS) is 45.9. The Kier molecular flexibility index (Phi) is 6.15. The molecule has 4 aliphatic carbocycles. The minimum atomic E-state index is -0.943. The fourth-order valence-electron chi connectivity index (χ4n) is 9.12. The zero-order valence-electron chi connectivity index (χ0n) is 22.7. The molecule has 4 nitrogen and oxygen atoms in total. The zero-order valence-corrected chi connectivity index (χ0v) is 22.7. The van der Waals surface area contributed by atoms with Crippen LogP contribution in [0.2, 0.25) is 0 Å². The molecule has 192 valence electrons. The van der Waals surface area contributed by atoms with Gasteiger partial charge in [-0.15, -0.1) is 0 Å². The van der Waals surface area contributed by atoms with Crippen LogP contribution in [0.5, 0.6) is 0 Å². The Hall–Kier alpha value is -0.970. The van der Waals surface area contributed by atoms with Crippen LogP contribution in [-0.4, -0.2) is 38.9 Å². The molecule has 3 saturated carbocycles. The van der Waals surface area contributed by atoms with E-state index >= 15 is 0 Å². The Labute approximate surface area is 206 Å². The van der Waals surface area contributed by atoms with Gasteiger partial charge in [0.05, 0.1) is 17.8 Å². The van der Waals surface area contributed by atoms with Crippen LogP contribution < -0.4 is 0 Å². The number of aliphatic hydroxyl groups is 3. The second kappa shape index (κ2) is 8.02. The van der Waals surface area contributed by atoms with Gasteiger partial charge in [-0.3, -0.25) is 4.79 Å². The monoisotopic (exact) mass is 472 g/mol. The molecule has 9 atom stereocenters. The first-order valence-corrected chi connectivity index (χ1v) is 13.5. The number of rotatable bonds is 4. The van der Waals surface area contributed by atoms with Crippen molar-refractivity contribution in [2.24, 2.45) is 45.3 Å². The van der Waals surface area contributed by atoms with Crippen molar-refractivity contribution in [2.75, 3.05) is 0 Å². The molecule has 3 fully saturated rings. The van der Waals surface area contributed by atoms with Crippen LogP contribution in [0, 0.1) is 45.3 Å². The standard InChI is InChI=1S/C30H48O4/c1-18(22(31)12-13-26(2,3)34)19-11-14-30(8)25-23(32)17-21-20(9-10-24(33)27(21,4)5)28(25,6)15-16-29(19,30)7/h12-13,17-20,22,24-25,31,33-34H,9-11,14-16H2,1-8H3/b13-12+/t18-,19-,20+,22-,24+,25+,28+,29-,30+/m1/s1. The number of hydrogen-bond acceptors (Lipinski definition) is 4. The fourth-order valence-corrected chi connectivity index (χ4v) is 9.12. The third-order valence-corrected chi connectivity index (χ3v) is 11.5. The van der Waals surface area contributed by atoms with Gasteiger partial charge in [0.15, 0.2) is 5.78 Å². The van der Waals surface area contributed by atoms with Gasteiger partial charge in [-0.05, 0) is 92.4 Å². The molecule has 0 spiro atoms. The van der Waals surface area contributed by atoms with E-state index < -0.39 is 11.7 Å². The molecule has 0 aromatic heterocycles.